The number of benzene rings is 1. The molecule has 0 saturated heterocycles. The van der Waals surface area contributed by atoms with Crippen LogP contribution in [0.4, 0.5) is 0 Å². The molecular formula is C21H23ClN2O3. The summed E-state index contributed by atoms with van der Waals surface area (Å²) >= 11 is 6.04. The molecule has 27 heavy (non-hydrogen) atoms. The van der Waals surface area contributed by atoms with Gasteiger partial charge in [-0.3, -0.25) is 9.59 Å². The number of nitrogens with two attached hydrogens (primary N) is 1. The van der Waals surface area contributed by atoms with Crippen molar-refractivity contribution < 1.29 is 14.7 Å². The molecule has 1 atom stereocenters. The normalized spacial score (nSPS) is 19.8. The number of carboxylic acids is 1. The predicted molar refractivity (Wildman–Crippen MR) is 106 cm³/mol. The molecule has 0 amide bonds. The van der Waals surface area contributed by atoms with Gasteiger partial charge in [-0.25, -0.2) is 0 Å². The number of carbonyl (C=O) groups is 2. The van der Waals surface area contributed by atoms with Gasteiger partial charge >= 0.3 is 5.97 Å². The second kappa shape index (κ2) is 7.71. The molecule has 1 aromatic rings. The van der Waals surface area contributed by atoms with Crippen LogP contribution in [0.5, 0.6) is 0 Å². The zero-order valence-corrected chi connectivity index (χ0v) is 16.2. The lowest BCUT2D eigenvalue weighted by Crippen LogP contribution is -2.34. The summed E-state index contributed by atoms with van der Waals surface area (Å²) in [5, 5.41) is 10.1. The van der Waals surface area contributed by atoms with E-state index in [9.17, 15) is 14.7 Å². The average Bonchev–Trinajstić information content (AvgIpc) is 2.60. The zero-order valence-electron chi connectivity index (χ0n) is 15.4. The summed E-state index contributed by atoms with van der Waals surface area (Å²) in [6, 6.07) is 7.39. The summed E-state index contributed by atoms with van der Waals surface area (Å²) in [6.07, 6.45) is 3.61. The third-order valence-electron chi connectivity index (χ3n) is 4.76. The first-order valence-corrected chi connectivity index (χ1v) is 9.34. The molecule has 1 aromatic carbocycles. The number of rotatable bonds is 5. The molecule has 1 aliphatic heterocycles. The second-order valence-electron chi connectivity index (χ2n) is 7.27. The van der Waals surface area contributed by atoms with Crippen LogP contribution in [-0.4, -0.2) is 34.8 Å². The Morgan fingerprint density at radius 1 is 1.33 bits per heavy atom. The number of carbonyl (C=O) groups excluding carboxylic acids is 1. The van der Waals surface area contributed by atoms with E-state index in [0.29, 0.717) is 17.5 Å². The van der Waals surface area contributed by atoms with Crippen LogP contribution in [0, 0.1) is 11.8 Å². The second-order valence-corrected chi connectivity index (χ2v) is 7.71. The topological polar surface area (TPSA) is 83.6 Å². The van der Waals surface area contributed by atoms with E-state index in [2.05, 4.69) is 18.7 Å². The van der Waals surface area contributed by atoms with Gasteiger partial charge in [0.05, 0.1) is 0 Å². The fourth-order valence-electron chi connectivity index (χ4n) is 3.61. The van der Waals surface area contributed by atoms with Gasteiger partial charge in [0.25, 0.3) is 0 Å². The highest BCUT2D eigenvalue weighted by Gasteiger charge is 2.35. The molecule has 3 N–H and O–H groups in total. The molecule has 6 heteroatoms. The monoisotopic (exact) mass is 386 g/mol. The first-order valence-electron chi connectivity index (χ1n) is 8.96. The number of aliphatic carboxylic acids is 1. The Morgan fingerprint density at radius 2 is 2.00 bits per heavy atom. The molecule has 0 bridgehead atoms. The first kappa shape index (κ1) is 19.4. The van der Waals surface area contributed by atoms with Crippen LogP contribution >= 0.6 is 11.6 Å². The Hall–Kier alpha value is -2.37. The van der Waals surface area contributed by atoms with Gasteiger partial charge in [-0.05, 0) is 34.8 Å². The number of nitrogens with zero attached hydrogens (tertiary/aromatic N) is 1. The zero-order chi connectivity index (χ0) is 19.7. The number of fused-ring (bicyclic) bond motifs is 1. The molecule has 1 heterocycles. The third-order valence-corrected chi connectivity index (χ3v) is 5.01. The maximum Gasteiger partial charge on any atom is 0.317 e. The lowest BCUT2D eigenvalue weighted by molar-refractivity contribution is -0.144. The van der Waals surface area contributed by atoms with Crippen molar-refractivity contribution in [3.63, 3.8) is 0 Å². The van der Waals surface area contributed by atoms with Crippen LogP contribution in [0.25, 0.3) is 5.57 Å². The minimum absolute atomic E-state index is 0.104. The molecule has 0 fully saturated rings. The van der Waals surface area contributed by atoms with E-state index >= 15 is 0 Å². The van der Waals surface area contributed by atoms with Crippen molar-refractivity contribution in [1.82, 2.24) is 4.90 Å². The molecule has 1 aliphatic carbocycles. The molecule has 0 aromatic heterocycles. The number of hydrogen-bond acceptors (Lipinski definition) is 4. The Bertz CT molecular complexity index is 866. The van der Waals surface area contributed by atoms with Gasteiger partial charge in [0.15, 0.2) is 5.78 Å². The van der Waals surface area contributed by atoms with Crippen LogP contribution in [-0.2, 0) is 9.59 Å². The van der Waals surface area contributed by atoms with Gasteiger partial charge in [0.1, 0.15) is 5.92 Å². The summed E-state index contributed by atoms with van der Waals surface area (Å²) in [4.78, 5) is 25.9. The summed E-state index contributed by atoms with van der Waals surface area (Å²) < 4.78 is 0. The fourth-order valence-corrected chi connectivity index (χ4v) is 3.73. The SMILES string of the molecule is CC(C)CN1C=C2CC(=O)C(C(=O)O)C=C2C(c2ccc(Cl)cc2)=C1CN. The van der Waals surface area contributed by atoms with E-state index < -0.39 is 11.9 Å². The van der Waals surface area contributed by atoms with E-state index in [4.69, 9.17) is 17.3 Å². The minimum Gasteiger partial charge on any atom is -0.480 e. The maximum atomic E-state index is 12.3. The lowest BCUT2D eigenvalue weighted by Gasteiger charge is -2.36. The first-order chi connectivity index (χ1) is 12.8. The Kier molecular flexibility index (Phi) is 5.53. The van der Waals surface area contributed by atoms with Crippen molar-refractivity contribution >= 4 is 28.9 Å². The summed E-state index contributed by atoms with van der Waals surface area (Å²) in [7, 11) is 0. The number of Topliss-reactive ketones (excluding diaryl/α,β-unsaturated/α-hetero) is 1. The third kappa shape index (κ3) is 3.84. The van der Waals surface area contributed by atoms with Gasteiger partial charge < -0.3 is 15.7 Å². The van der Waals surface area contributed by atoms with E-state index in [1.54, 1.807) is 18.2 Å². The molecule has 3 rings (SSSR count). The van der Waals surface area contributed by atoms with E-state index in [0.717, 1.165) is 34.5 Å². The molecule has 0 radical (unpaired) electrons. The van der Waals surface area contributed by atoms with Crippen LogP contribution in [0.1, 0.15) is 25.8 Å². The largest absolute Gasteiger partial charge is 0.480 e. The van der Waals surface area contributed by atoms with Crippen molar-refractivity contribution in [3.05, 3.63) is 64.0 Å². The van der Waals surface area contributed by atoms with E-state index in [1.807, 2.05) is 18.3 Å². The predicted octanol–water partition coefficient (Wildman–Crippen LogP) is 3.47. The highest BCUT2D eigenvalue weighted by Crippen LogP contribution is 2.42. The molecule has 2 aliphatic rings. The molecule has 0 saturated carbocycles. The van der Waals surface area contributed by atoms with Gasteiger partial charge in [0, 0.05) is 42.0 Å². The molecule has 0 spiro atoms. The van der Waals surface area contributed by atoms with Crippen molar-refractivity contribution in [1.29, 1.82) is 0 Å². The molecule has 5 nitrogen and oxygen atoms in total. The smallest absolute Gasteiger partial charge is 0.317 e. The number of halogens is 1. The Balaban J connectivity index is 2.21. The maximum absolute atomic E-state index is 12.3. The van der Waals surface area contributed by atoms with Gasteiger partial charge in [-0.15, -0.1) is 0 Å². The highest BCUT2D eigenvalue weighted by atomic mass is 35.5. The number of ketones is 1. The van der Waals surface area contributed by atoms with E-state index in [-0.39, 0.29) is 12.2 Å². The van der Waals surface area contributed by atoms with Crippen LogP contribution in [0.15, 0.2) is 53.4 Å². The molecule has 1 unspecified atom stereocenters. The summed E-state index contributed by atoms with van der Waals surface area (Å²) in [5.41, 5.74) is 10.4. The van der Waals surface area contributed by atoms with Gasteiger partial charge in [0.2, 0.25) is 0 Å². The van der Waals surface area contributed by atoms with Crippen molar-refractivity contribution in [2.45, 2.75) is 20.3 Å². The minimum atomic E-state index is -1.13. The van der Waals surface area contributed by atoms with Crippen molar-refractivity contribution in [3.8, 4) is 0 Å². The standard InChI is InChI=1S/C21H23ClN2O3/c1-12(2)10-24-11-14-7-19(25)17(21(26)27)8-16(14)20(18(24)9-23)13-3-5-15(22)6-4-13/h3-6,8,11-12,17H,7,9-10,23H2,1-2H3,(H,26,27). The van der Waals surface area contributed by atoms with Crippen LogP contribution in [0.2, 0.25) is 5.02 Å². The van der Waals surface area contributed by atoms with Gasteiger partial charge in [-0.1, -0.05) is 43.7 Å². The summed E-state index contributed by atoms with van der Waals surface area (Å²) in [5.74, 6) is -2.16. The van der Waals surface area contributed by atoms with E-state index in [1.165, 1.54) is 0 Å². The van der Waals surface area contributed by atoms with Crippen LogP contribution < -0.4 is 5.73 Å². The summed E-state index contributed by atoms with van der Waals surface area (Å²) in [6.45, 7) is 5.30. The Morgan fingerprint density at radius 3 is 2.56 bits per heavy atom. The fraction of sp³-hybridized carbons (Fsp3) is 0.333. The highest BCUT2D eigenvalue weighted by molar-refractivity contribution is 6.30. The molecular weight excluding hydrogens is 364 g/mol. The Labute approximate surface area is 163 Å². The van der Waals surface area contributed by atoms with Crippen molar-refractivity contribution in [2.75, 3.05) is 13.1 Å². The quantitative estimate of drug-likeness (QED) is 0.757. The van der Waals surface area contributed by atoms with Crippen molar-refractivity contribution in [2.24, 2.45) is 17.6 Å². The number of hydrogen-bond donors (Lipinski definition) is 2. The lowest BCUT2D eigenvalue weighted by atomic mass is 9.78. The average molecular weight is 387 g/mol. The molecule has 142 valence electrons. The van der Waals surface area contributed by atoms with Crippen LogP contribution in [0.3, 0.4) is 0 Å². The number of allylic oxidation sites excluding steroid dienone is 3. The number of carboxylic acid groups (broad SMARTS) is 1. The van der Waals surface area contributed by atoms with Gasteiger partial charge in [-0.2, -0.15) is 0 Å².